The molecule has 2 rings (SSSR count). The highest BCUT2D eigenvalue weighted by Gasteiger charge is 2.34. The van der Waals surface area contributed by atoms with Crippen LogP contribution in [0.5, 0.6) is 0 Å². The minimum atomic E-state index is 0.100. The molecule has 1 aliphatic heterocycles. The zero-order valence-corrected chi connectivity index (χ0v) is 8.54. The molecule has 3 heteroatoms. The Labute approximate surface area is 85.2 Å². The Kier molecular flexibility index (Phi) is 2.87. The largest absolute Gasteiger partial charge is 0.333 e. The summed E-state index contributed by atoms with van der Waals surface area (Å²) in [5, 5.41) is 3.36. The van der Waals surface area contributed by atoms with Crippen molar-refractivity contribution in [2.75, 3.05) is 19.6 Å². The molecule has 0 aromatic carbocycles. The molecule has 0 radical (unpaired) electrons. The second-order valence-corrected chi connectivity index (χ2v) is 4.20. The second kappa shape index (κ2) is 4.13. The van der Waals surface area contributed by atoms with E-state index < -0.39 is 0 Å². The Hall–Kier alpha value is -0.830. The van der Waals surface area contributed by atoms with Crippen LogP contribution in [0.2, 0.25) is 0 Å². The van der Waals surface area contributed by atoms with Crippen molar-refractivity contribution in [2.24, 2.45) is 5.92 Å². The topological polar surface area (TPSA) is 32.3 Å². The van der Waals surface area contributed by atoms with E-state index in [-0.39, 0.29) is 5.91 Å². The van der Waals surface area contributed by atoms with E-state index in [1.807, 2.05) is 4.90 Å². The molecule has 1 saturated carbocycles. The molecule has 1 heterocycles. The maximum atomic E-state index is 11.6. The molecule has 2 fully saturated rings. The average molecular weight is 194 g/mol. The summed E-state index contributed by atoms with van der Waals surface area (Å²) in [6, 6.07) is 0.419. The summed E-state index contributed by atoms with van der Waals surface area (Å²) in [5.74, 6) is 0.829. The third kappa shape index (κ3) is 1.69. The zero-order valence-electron chi connectivity index (χ0n) is 8.54. The predicted molar refractivity (Wildman–Crippen MR) is 55.9 cm³/mol. The van der Waals surface area contributed by atoms with Crippen LogP contribution < -0.4 is 5.32 Å². The number of amides is 1. The van der Waals surface area contributed by atoms with E-state index in [0.717, 1.165) is 25.6 Å². The standard InChI is InChI=1S/C11H18N2O/c1-2-11(14)13-7-6-12-8-10(13)9-4-3-5-9/h2,9-10,12H,1,3-8H2. The molecule has 3 nitrogen and oxygen atoms in total. The smallest absolute Gasteiger partial charge is 0.246 e. The predicted octanol–water partition coefficient (Wildman–Crippen LogP) is 0.773. The molecule has 1 aliphatic carbocycles. The third-order valence-electron chi connectivity index (χ3n) is 3.43. The van der Waals surface area contributed by atoms with Gasteiger partial charge in [0.25, 0.3) is 0 Å². The van der Waals surface area contributed by atoms with E-state index in [1.54, 1.807) is 0 Å². The molecular weight excluding hydrogens is 176 g/mol. The molecule has 1 unspecified atom stereocenters. The first-order valence-corrected chi connectivity index (χ1v) is 5.46. The SMILES string of the molecule is C=CC(=O)N1CCNCC1C1CCC1. The van der Waals surface area contributed by atoms with E-state index in [9.17, 15) is 4.79 Å². The molecule has 14 heavy (non-hydrogen) atoms. The number of carbonyl (C=O) groups is 1. The van der Waals surface area contributed by atoms with Gasteiger partial charge in [0.15, 0.2) is 0 Å². The van der Waals surface area contributed by atoms with Crippen LogP contribution in [0.15, 0.2) is 12.7 Å². The summed E-state index contributed by atoms with van der Waals surface area (Å²) in [5.41, 5.74) is 0. The monoisotopic (exact) mass is 194 g/mol. The van der Waals surface area contributed by atoms with Gasteiger partial charge in [0.1, 0.15) is 0 Å². The van der Waals surface area contributed by atoms with Crippen LogP contribution in [0, 0.1) is 5.92 Å². The molecule has 1 saturated heterocycles. The first-order chi connectivity index (χ1) is 6.83. The summed E-state index contributed by atoms with van der Waals surface area (Å²) in [6.07, 6.45) is 5.34. The number of hydrogen-bond donors (Lipinski definition) is 1. The van der Waals surface area contributed by atoms with Gasteiger partial charge in [0.2, 0.25) is 5.91 Å². The van der Waals surface area contributed by atoms with Gasteiger partial charge in [-0.25, -0.2) is 0 Å². The van der Waals surface area contributed by atoms with Crippen LogP contribution in [0.1, 0.15) is 19.3 Å². The lowest BCUT2D eigenvalue weighted by molar-refractivity contribution is -0.131. The van der Waals surface area contributed by atoms with Crippen LogP contribution in [-0.2, 0) is 4.79 Å². The maximum Gasteiger partial charge on any atom is 0.246 e. The number of rotatable bonds is 2. The van der Waals surface area contributed by atoms with Gasteiger partial charge in [-0.3, -0.25) is 4.79 Å². The Morgan fingerprint density at radius 2 is 2.29 bits per heavy atom. The number of hydrogen-bond acceptors (Lipinski definition) is 2. The van der Waals surface area contributed by atoms with Crippen LogP contribution in [0.3, 0.4) is 0 Å². The third-order valence-corrected chi connectivity index (χ3v) is 3.43. The summed E-state index contributed by atoms with van der Waals surface area (Å²) in [6.45, 7) is 6.28. The van der Waals surface area contributed by atoms with Crippen molar-refractivity contribution in [3.8, 4) is 0 Å². The van der Waals surface area contributed by atoms with E-state index in [2.05, 4.69) is 11.9 Å². The minimum Gasteiger partial charge on any atom is -0.333 e. The van der Waals surface area contributed by atoms with Gasteiger partial charge in [-0.2, -0.15) is 0 Å². The fraction of sp³-hybridized carbons (Fsp3) is 0.727. The highest BCUT2D eigenvalue weighted by atomic mass is 16.2. The highest BCUT2D eigenvalue weighted by Crippen LogP contribution is 2.32. The first-order valence-electron chi connectivity index (χ1n) is 5.46. The molecular formula is C11H18N2O. The van der Waals surface area contributed by atoms with Gasteiger partial charge in [0.05, 0.1) is 0 Å². The molecule has 0 bridgehead atoms. The van der Waals surface area contributed by atoms with Crippen LogP contribution in [0.25, 0.3) is 0 Å². The van der Waals surface area contributed by atoms with Gasteiger partial charge in [-0.15, -0.1) is 0 Å². The highest BCUT2D eigenvalue weighted by molar-refractivity contribution is 5.87. The van der Waals surface area contributed by atoms with Crippen molar-refractivity contribution in [1.82, 2.24) is 10.2 Å². The molecule has 0 spiro atoms. The average Bonchev–Trinajstić information content (AvgIpc) is 2.15. The summed E-state index contributed by atoms with van der Waals surface area (Å²) in [4.78, 5) is 13.6. The van der Waals surface area contributed by atoms with Gasteiger partial charge in [0, 0.05) is 25.7 Å². The Morgan fingerprint density at radius 1 is 1.50 bits per heavy atom. The minimum absolute atomic E-state index is 0.100. The van der Waals surface area contributed by atoms with E-state index in [0.29, 0.717) is 6.04 Å². The molecule has 2 aliphatic rings. The van der Waals surface area contributed by atoms with E-state index in [4.69, 9.17) is 0 Å². The number of piperazine rings is 1. The van der Waals surface area contributed by atoms with Gasteiger partial charge < -0.3 is 10.2 Å². The van der Waals surface area contributed by atoms with Gasteiger partial charge >= 0.3 is 0 Å². The zero-order chi connectivity index (χ0) is 9.97. The van der Waals surface area contributed by atoms with Crippen LogP contribution in [0.4, 0.5) is 0 Å². The summed E-state index contributed by atoms with van der Waals surface area (Å²) >= 11 is 0. The van der Waals surface area contributed by atoms with Crippen molar-refractivity contribution in [3.63, 3.8) is 0 Å². The Bertz CT molecular complexity index is 235. The Balaban J connectivity index is 2.02. The molecule has 0 aromatic rings. The molecule has 78 valence electrons. The summed E-state index contributed by atoms with van der Waals surface area (Å²) in [7, 11) is 0. The van der Waals surface area contributed by atoms with Crippen LogP contribution >= 0.6 is 0 Å². The molecule has 1 N–H and O–H groups in total. The number of carbonyl (C=O) groups excluding carboxylic acids is 1. The first kappa shape index (κ1) is 9.71. The lowest BCUT2D eigenvalue weighted by Crippen LogP contribution is -2.57. The van der Waals surface area contributed by atoms with Crippen molar-refractivity contribution in [3.05, 3.63) is 12.7 Å². The maximum absolute atomic E-state index is 11.6. The van der Waals surface area contributed by atoms with Gasteiger partial charge in [-0.1, -0.05) is 13.0 Å². The van der Waals surface area contributed by atoms with Crippen molar-refractivity contribution in [1.29, 1.82) is 0 Å². The second-order valence-electron chi connectivity index (χ2n) is 4.20. The van der Waals surface area contributed by atoms with Crippen molar-refractivity contribution < 1.29 is 4.79 Å². The lowest BCUT2D eigenvalue weighted by atomic mass is 9.78. The van der Waals surface area contributed by atoms with Crippen molar-refractivity contribution in [2.45, 2.75) is 25.3 Å². The van der Waals surface area contributed by atoms with Crippen LogP contribution in [-0.4, -0.2) is 36.5 Å². The van der Waals surface area contributed by atoms with E-state index in [1.165, 1.54) is 25.3 Å². The fourth-order valence-corrected chi connectivity index (χ4v) is 2.36. The Morgan fingerprint density at radius 3 is 2.86 bits per heavy atom. The summed E-state index contributed by atoms with van der Waals surface area (Å²) < 4.78 is 0. The lowest BCUT2D eigenvalue weighted by Gasteiger charge is -2.43. The molecule has 1 amide bonds. The molecule has 1 atom stereocenters. The normalized spacial score (nSPS) is 28.3. The van der Waals surface area contributed by atoms with Crippen molar-refractivity contribution >= 4 is 5.91 Å². The number of nitrogens with one attached hydrogen (secondary N) is 1. The fourth-order valence-electron chi connectivity index (χ4n) is 2.36. The van der Waals surface area contributed by atoms with Gasteiger partial charge in [-0.05, 0) is 24.8 Å². The number of nitrogens with zero attached hydrogens (tertiary/aromatic N) is 1. The van der Waals surface area contributed by atoms with E-state index >= 15 is 0 Å². The quantitative estimate of drug-likeness (QED) is 0.659. The molecule has 0 aromatic heterocycles.